The summed E-state index contributed by atoms with van der Waals surface area (Å²) in [7, 11) is 0. The van der Waals surface area contributed by atoms with Gasteiger partial charge in [-0.25, -0.2) is 0 Å². The quantitative estimate of drug-likeness (QED) is 0.522. The molecule has 1 nitrogen and oxygen atoms in total. The van der Waals surface area contributed by atoms with E-state index in [0.717, 1.165) is 6.42 Å². The molecule has 0 rings (SSSR count). The molecule has 1 heteroatoms. The monoisotopic (exact) mass is 184 g/mol. The van der Waals surface area contributed by atoms with Gasteiger partial charge in [0.25, 0.3) is 0 Å². The van der Waals surface area contributed by atoms with E-state index in [-0.39, 0.29) is 5.92 Å². The lowest BCUT2D eigenvalue weighted by Gasteiger charge is -2.06. The van der Waals surface area contributed by atoms with Gasteiger partial charge in [0, 0.05) is 5.92 Å². The fraction of sp³-hybridized carbons (Fsp3) is 0.917. The second-order valence-corrected chi connectivity index (χ2v) is 4.07. The summed E-state index contributed by atoms with van der Waals surface area (Å²) in [5, 5.41) is 0. The number of unbranched alkanes of at least 4 members (excludes halogenated alkanes) is 5. The summed E-state index contributed by atoms with van der Waals surface area (Å²) < 4.78 is 0. The zero-order valence-electron chi connectivity index (χ0n) is 9.44. The Morgan fingerprint density at radius 2 is 1.62 bits per heavy atom. The summed E-state index contributed by atoms with van der Waals surface area (Å²) in [6.45, 7) is 5.97. The molecule has 0 aromatic rings. The summed E-state index contributed by atoms with van der Waals surface area (Å²) in [6.07, 6.45) is 9.00. The van der Waals surface area contributed by atoms with Gasteiger partial charge in [0.1, 0.15) is 5.78 Å². The Morgan fingerprint density at radius 1 is 1.08 bits per heavy atom. The maximum absolute atomic E-state index is 10.9. The Bertz CT molecular complexity index is 129. The molecule has 0 heterocycles. The summed E-state index contributed by atoms with van der Waals surface area (Å²) >= 11 is 0. The van der Waals surface area contributed by atoms with Crippen LogP contribution in [0, 0.1) is 5.92 Å². The molecule has 0 bridgehead atoms. The Hall–Kier alpha value is -0.330. The van der Waals surface area contributed by atoms with Crippen molar-refractivity contribution in [1.29, 1.82) is 0 Å². The maximum Gasteiger partial charge on any atom is 0.132 e. The van der Waals surface area contributed by atoms with Gasteiger partial charge in [-0.1, -0.05) is 52.4 Å². The van der Waals surface area contributed by atoms with E-state index in [9.17, 15) is 4.79 Å². The fourth-order valence-electron chi connectivity index (χ4n) is 1.43. The topological polar surface area (TPSA) is 17.1 Å². The molecular formula is C12H24O. The van der Waals surface area contributed by atoms with E-state index in [1.54, 1.807) is 6.92 Å². The van der Waals surface area contributed by atoms with Crippen molar-refractivity contribution in [2.75, 3.05) is 0 Å². The van der Waals surface area contributed by atoms with Crippen LogP contribution in [0.25, 0.3) is 0 Å². The zero-order chi connectivity index (χ0) is 10.1. The highest BCUT2D eigenvalue weighted by Gasteiger charge is 2.05. The molecule has 1 atom stereocenters. The lowest BCUT2D eigenvalue weighted by Crippen LogP contribution is -2.05. The first-order valence-corrected chi connectivity index (χ1v) is 5.69. The molecule has 0 saturated carbocycles. The average molecular weight is 184 g/mol. The van der Waals surface area contributed by atoms with Crippen LogP contribution in [0.1, 0.15) is 65.7 Å². The summed E-state index contributed by atoms with van der Waals surface area (Å²) in [6, 6.07) is 0. The van der Waals surface area contributed by atoms with E-state index in [1.165, 1.54) is 38.5 Å². The van der Waals surface area contributed by atoms with Crippen LogP contribution in [0.2, 0.25) is 0 Å². The second-order valence-electron chi connectivity index (χ2n) is 4.07. The first kappa shape index (κ1) is 12.7. The number of rotatable bonds is 8. The van der Waals surface area contributed by atoms with E-state index in [4.69, 9.17) is 0 Å². The van der Waals surface area contributed by atoms with Gasteiger partial charge in [0.05, 0.1) is 0 Å². The third kappa shape index (κ3) is 8.01. The molecule has 0 aliphatic rings. The predicted molar refractivity (Wildman–Crippen MR) is 57.8 cm³/mol. The molecule has 0 aromatic carbocycles. The molecule has 0 radical (unpaired) electrons. The van der Waals surface area contributed by atoms with E-state index in [1.807, 2.05) is 6.92 Å². The number of hydrogen-bond acceptors (Lipinski definition) is 1. The van der Waals surface area contributed by atoms with Crippen molar-refractivity contribution in [2.45, 2.75) is 65.7 Å². The Balaban J connectivity index is 3.11. The van der Waals surface area contributed by atoms with E-state index in [2.05, 4.69) is 6.92 Å². The molecule has 0 N–H and O–H groups in total. The Morgan fingerprint density at radius 3 is 2.15 bits per heavy atom. The second kappa shape index (κ2) is 8.28. The molecular weight excluding hydrogens is 160 g/mol. The van der Waals surface area contributed by atoms with Gasteiger partial charge in [-0.05, 0) is 13.3 Å². The molecule has 0 aliphatic carbocycles. The highest BCUT2D eigenvalue weighted by Crippen LogP contribution is 2.12. The van der Waals surface area contributed by atoms with Crippen LogP contribution in [0.15, 0.2) is 0 Å². The molecule has 78 valence electrons. The van der Waals surface area contributed by atoms with Crippen molar-refractivity contribution in [3.63, 3.8) is 0 Å². The van der Waals surface area contributed by atoms with Crippen LogP contribution in [-0.2, 0) is 4.79 Å². The zero-order valence-corrected chi connectivity index (χ0v) is 9.44. The summed E-state index contributed by atoms with van der Waals surface area (Å²) in [5.41, 5.74) is 0. The van der Waals surface area contributed by atoms with Gasteiger partial charge in [-0.3, -0.25) is 4.79 Å². The van der Waals surface area contributed by atoms with Gasteiger partial charge in [0.15, 0.2) is 0 Å². The van der Waals surface area contributed by atoms with Gasteiger partial charge in [-0.2, -0.15) is 0 Å². The van der Waals surface area contributed by atoms with Gasteiger partial charge >= 0.3 is 0 Å². The van der Waals surface area contributed by atoms with Crippen LogP contribution in [0.4, 0.5) is 0 Å². The summed E-state index contributed by atoms with van der Waals surface area (Å²) in [5.74, 6) is 0.625. The predicted octanol–water partition coefficient (Wildman–Crippen LogP) is 3.96. The molecule has 0 saturated heterocycles. The molecule has 0 amide bonds. The minimum absolute atomic E-state index is 0.283. The third-order valence-corrected chi connectivity index (χ3v) is 2.68. The van der Waals surface area contributed by atoms with Crippen LogP contribution >= 0.6 is 0 Å². The largest absolute Gasteiger partial charge is 0.300 e. The van der Waals surface area contributed by atoms with E-state index < -0.39 is 0 Å². The molecule has 0 fully saturated rings. The van der Waals surface area contributed by atoms with Crippen molar-refractivity contribution in [1.82, 2.24) is 0 Å². The van der Waals surface area contributed by atoms with Gasteiger partial charge < -0.3 is 0 Å². The lowest BCUT2D eigenvalue weighted by molar-refractivity contribution is -0.120. The Labute approximate surface area is 82.9 Å². The minimum atomic E-state index is 0.283. The molecule has 0 aromatic heterocycles. The lowest BCUT2D eigenvalue weighted by atomic mass is 9.99. The fourth-order valence-corrected chi connectivity index (χ4v) is 1.43. The third-order valence-electron chi connectivity index (χ3n) is 2.68. The number of hydrogen-bond donors (Lipinski definition) is 0. The van der Waals surface area contributed by atoms with Crippen molar-refractivity contribution in [3.8, 4) is 0 Å². The molecule has 0 aliphatic heterocycles. The van der Waals surface area contributed by atoms with Crippen LogP contribution in [0.5, 0.6) is 0 Å². The molecule has 0 unspecified atom stereocenters. The van der Waals surface area contributed by atoms with Gasteiger partial charge in [0.2, 0.25) is 0 Å². The first-order valence-electron chi connectivity index (χ1n) is 5.69. The number of ketones is 1. The standard InChI is InChI=1S/C12H24O/c1-4-5-6-7-8-9-10-11(2)12(3)13/h11H,4-10H2,1-3H3/t11-/m1/s1. The molecule has 0 spiro atoms. The average Bonchev–Trinajstić information content (AvgIpc) is 2.10. The number of carbonyl (C=O) groups is 1. The highest BCUT2D eigenvalue weighted by molar-refractivity contribution is 5.77. The number of Topliss-reactive ketones (excluding diaryl/α,β-unsaturated/α-hetero) is 1. The van der Waals surface area contributed by atoms with Crippen molar-refractivity contribution < 1.29 is 4.79 Å². The van der Waals surface area contributed by atoms with E-state index in [0.29, 0.717) is 5.78 Å². The normalized spacial score (nSPS) is 12.8. The highest BCUT2D eigenvalue weighted by atomic mass is 16.1. The SMILES string of the molecule is CCCCCCCC[C@@H](C)C(C)=O. The summed E-state index contributed by atoms with van der Waals surface area (Å²) in [4.78, 5) is 10.9. The van der Waals surface area contributed by atoms with Crippen molar-refractivity contribution >= 4 is 5.78 Å². The smallest absolute Gasteiger partial charge is 0.132 e. The van der Waals surface area contributed by atoms with Crippen molar-refractivity contribution in [2.24, 2.45) is 5.92 Å². The van der Waals surface area contributed by atoms with E-state index >= 15 is 0 Å². The van der Waals surface area contributed by atoms with Gasteiger partial charge in [-0.15, -0.1) is 0 Å². The van der Waals surface area contributed by atoms with Crippen LogP contribution < -0.4 is 0 Å². The maximum atomic E-state index is 10.9. The van der Waals surface area contributed by atoms with Crippen molar-refractivity contribution in [3.05, 3.63) is 0 Å². The van der Waals surface area contributed by atoms with Crippen LogP contribution in [0.3, 0.4) is 0 Å². The Kier molecular flexibility index (Phi) is 8.07. The minimum Gasteiger partial charge on any atom is -0.300 e. The van der Waals surface area contributed by atoms with Crippen LogP contribution in [-0.4, -0.2) is 5.78 Å². The number of carbonyl (C=O) groups excluding carboxylic acids is 1. The first-order chi connectivity index (χ1) is 6.18. The molecule has 13 heavy (non-hydrogen) atoms.